The molecule has 15 heavy (non-hydrogen) atoms. The van der Waals surface area contributed by atoms with Crippen molar-refractivity contribution in [2.24, 2.45) is 0 Å². The maximum atomic E-state index is 5.48. The molecule has 0 amide bonds. The van der Waals surface area contributed by atoms with Crippen LogP contribution >= 0.6 is 11.3 Å². The highest BCUT2D eigenvalue weighted by Crippen LogP contribution is 2.22. The van der Waals surface area contributed by atoms with E-state index in [9.17, 15) is 0 Å². The molecule has 0 spiro atoms. The van der Waals surface area contributed by atoms with Gasteiger partial charge in [0.25, 0.3) is 0 Å². The number of aryl methyl sites for hydroxylation is 1. The minimum atomic E-state index is 0.201. The molecule has 1 rings (SSSR count). The molecular formula is C13H19NS. The van der Waals surface area contributed by atoms with Crippen LogP contribution in [-0.2, 0) is 0 Å². The Hall–Kier alpha value is -0.780. The summed E-state index contributed by atoms with van der Waals surface area (Å²) >= 11 is 1.84. The molecule has 1 nitrogen and oxygen atoms in total. The van der Waals surface area contributed by atoms with Gasteiger partial charge in [-0.05, 0) is 32.4 Å². The lowest BCUT2D eigenvalue weighted by atomic mass is 10.1. The van der Waals surface area contributed by atoms with Crippen molar-refractivity contribution >= 4 is 11.3 Å². The standard InChI is InChI=1S/C13H19NS/c1-5-7-12(6-2)14-11(4)13-9-8-10(3)15-13/h2,8-9,11-12,14H,5,7H2,1,3-4H3. The smallest absolute Gasteiger partial charge is 0.0691 e. The summed E-state index contributed by atoms with van der Waals surface area (Å²) in [5.74, 6) is 2.80. The lowest BCUT2D eigenvalue weighted by Crippen LogP contribution is -2.29. The van der Waals surface area contributed by atoms with Crippen molar-refractivity contribution in [3.63, 3.8) is 0 Å². The van der Waals surface area contributed by atoms with Crippen molar-refractivity contribution in [1.82, 2.24) is 5.32 Å². The Morgan fingerprint density at radius 3 is 2.73 bits per heavy atom. The number of rotatable bonds is 5. The summed E-state index contributed by atoms with van der Waals surface area (Å²) in [6, 6.07) is 4.89. The predicted molar refractivity (Wildman–Crippen MR) is 68.1 cm³/mol. The van der Waals surface area contributed by atoms with E-state index in [2.05, 4.69) is 44.1 Å². The van der Waals surface area contributed by atoms with E-state index < -0.39 is 0 Å². The zero-order valence-electron chi connectivity index (χ0n) is 9.71. The Morgan fingerprint density at radius 2 is 2.27 bits per heavy atom. The van der Waals surface area contributed by atoms with Crippen LogP contribution in [0.1, 0.15) is 42.5 Å². The molecule has 0 radical (unpaired) electrons. The van der Waals surface area contributed by atoms with Crippen molar-refractivity contribution in [3.05, 3.63) is 21.9 Å². The molecule has 0 aliphatic heterocycles. The topological polar surface area (TPSA) is 12.0 Å². The van der Waals surface area contributed by atoms with Gasteiger partial charge in [0.05, 0.1) is 6.04 Å². The first-order valence-corrected chi connectivity index (χ1v) is 6.27. The van der Waals surface area contributed by atoms with Gasteiger partial charge in [-0.25, -0.2) is 0 Å². The fraction of sp³-hybridized carbons (Fsp3) is 0.538. The van der Waals surface area contributed by atoms with E-state index in [0.717, 1.165) is 12.8 Å². The third kappa shape index (κ3) is 3.70. The van der Waals surface area contributed by atoms with E-state index in [1.807, 2.05) is 11.3 Å². The Balaban J connectivity index is 2.55. The average molecular weight is 221 g/mol. The first kappa shape index (κ1) is 12.3. The van der Waals surface area contributed by atoms with Crippen molar-refractivity contribution in [1.29, 1.82) is 0 Å². The Kier molecular flexibility index (Phi) is 4.87. The Labute approximate surface area is 96.9 Å². The van der Waals surface area contributed by atoms with E-state index in [1.165, 1.54) is 9.75 Å². The van der Waals surface area contributed by atoms with E-state index >= 15 is 0 Å². The number of terminal acetylenes is 1. The van der Waals surface area contributed by atoms with Gasteiger partial charge in [0.2, 0.25) is 0 Å². The minimum absolute atomic E-state index is 0.201. The summed E-state index contributed by atoms with van der Waals surface area (Å²) in [6.07, 6.45) is 7.65. The SMILES string of the molecule is C#CC(CCC)NC(C)c1ccc(C)s1. The lowest BCUT2D eigenvalue weighted by Gasteiger charge is -2.17. The molecule has 2 heteroatoms. The monoisotopic (exact) mass is 221 g/mol. The fourth-order valence-corrected chi connectivity index (χ4v) is 2.46. The highest BCUT2D eigenvalue weighted by molar-refractivity contribution is 7.12. The third-order valence-corrected chi connectivity index (χ3v) is 3.60. The van der Waals surface area contributed by atoms with Crippen LogP contribution in [0.2, 0.25) is 0 Å². The number of hydrogen-bond acceptors (Lipinski definition) is 2. The largest absolute Gasteiger partial charge is 0.296 e. The Morgan fingerprint density at radius 1 is 1.53 bits per heavy atom. The molecule has 0 aromatic carbocycles. The van der Waals surface area contributed by atoms with Crippen LogP contribution in [0.15, 0.2) is 12.1 Å². The van der Waals surface area contributed by atoms with Gasteiger partial charge in [-0.3, -0.25) is 5.32 Å². The van der Waals surface area contributed by atoms with Crippen LogP contribution in [0.3, 0.4) is 0 Å². The van der Waals surface area contributed by atoms with Gasteiger partial charge in [-0.15, -0.1) is 17.8 Å². The summed E-state index contributed by atoms with van der Waals surface area (Å²) in [4.78, 5) is 2.72. The second-order valence-electron chi connectivity index (χ2n) is 3.84. The van der Waals surface area contributed by atoms with Gasteiger partial charge >= 0.3 is 0 Å². The molecule has 2 atom stereocenters. The normalized spacial score (nSPS) is 14.5. The molecule has 0 fully saturated rings. The highest BCUT2D eigenvalue weighted by atomic mass is 32.1. The number of nitrogens with one attached hydrogen (secondary N) is 1. The van der Waals surface area contributed by atoms with Crippen LogP contribution in [0.4, 0.5) is 0 Å². The van der Waals surface area contributed by atoms with Crippen molar-refractivity contribution in [3.8, 4) is 12.3 Å². The van der Waals surface area contributed by atoms with Crippen molar-refractivity contribution in [2.45, 2.75) is 45.7 Å². The lowest BCUT2D eigenvalue weighted by molar-refractivity contribution is 0.500. The first-order valence-electron chi connectivity index (χ1n) is 5.46. The van der Waals surface area contributed by atoms with Crippen LogP contribution in [0.5, 0.6) is 0 Å². The molecule has 1 N–H and O–H groups in total. The highest BCUT2D eigenvalue weighted by Gasteiger charge is 2.11. The molecule has 2 unspecified atom stereocenters. The van der Waals surface area contributed by atoms with Gasteiger partial charge in [-0.2, -0.15) is 0 Å². The molecule has 0 saturated carbocycles. The van der Waals surface area contributed by atoms with E-state index in [-0.39, 0.29) is 6.04 Å². The number of thiophene rings is 1. The third-order valence-electron chi connectivity index (χ3n) is 2.42. The molecule has 0 aliphatic rings. The van der Waals surface area contributed by atoms with E-state index in [1.54, 1.807) is 0 Å². The minimum Gasteiger partial charge on any atom is -0.296 e. The van der Waals surface area contributed by atoms with Crippen LogP contribution in [0.25, 0.3) is 0 Å². The van der Waals surface area contributed by atoms with Crippen LogP contribution in [0, 0.1) is 19.3 Å². The maximum absolute atomic E-state index is 5.48. The van der Waals surface area contributed by atoms with Gasteiger partial charge in [0.1, 0.15) is 0 Å². The first-order chi connectivity index (χ1) is 7.17. The van der Waals surface area contributed by atoms with E-state index in [0.29, 0.717) is 6.04 Å². The summed E-state index contributed by atoms with van der Waals surface area (Å²) in [5.41, 5.74) is 0. The zero-order valence-corrected chi connectivity index (χ0v) is 10.5. The molecule has 1 heterocycles. The summed E-state index contributed by atoms with van der Waals surface area (Å²) in [5, 5.41) is 3.47. The quantitative estimate of drug-likeness (QED) is 0.750. The molecule has 1 aromatic rings. The van der Waals surface area contributed by atoms with Gasteiger partial charge in [0, 0.05) is 15.8 Å². The summed E-state index contributed by atoms with van der Waals surface area (Å²) in [6.45, 7) is 6.46. The fourth-order valence-electron chi connectivity index (χ4n) is 1.57. The molecule has 0 saturated heterocycles. The molecule has 1 aromatic heterocycles. The average Bonchev–Trinajstić information content (AvgIpc) is 2.64. The van der Waals surface area contributed by atoms with Gasteiger partial charge in [-0.1, -0.05) is 19.3 Å². The van der Waals surface area contributed by atoms with Crippen LogP contribution < -0.4 is 5.32 Å². The van der Waals surface area contributed by atoms with Gasteiger partial charge in [0.15, 0.2) is 0 Å². The predicted octanol–water partition coefficient (Wildman–Crippen LogP) is 3.51. The van der Waals surface area contributed by atoms with Crippen molar-refractivity contribution in [2.75, 3.05) is 0 Å². The summed E-state index contributed by atoms with van der Waals surface area (Å²) in [7, 11) is 0. The van der Waals surface area contributed by atoms with E-state index in [4.69, 9.17) is 6.42 Å². The van der Waals surface area contributed by atoms with Crippen molar-refractivity contribution < 1.29 is 0 Å². The zero-order chi connectivity index (χ0) is 11.3. The molecule has 0 bridgehead atoms. The van der Waals surface area contributed by atoms with Crippen LogP contribution in [-0.4, -0.2) is 6.04 Å². The second kappa shape index (κ2) is 5.95. The maximum Gasteiger partial charge on any atom is 0.0691 e. The second-order valence-corrected chi connectivity index (χ2v) is 5.16. The summed E-state index contributed by atoms with van der Waals surface area (Å²) < 4.78 is 0. The molecule has 0 aliphatic carbocycles. The molecule has 82 valence electrons. The van der Waals surface area contributed by atoms with Gasteiger partial charge < -0.3 is 0 Å². The molecular weight excluding hydrogens is 202 g/mol. The Bertz CT molecular complexity index is 335. The number of hydrogen-bond donors (Lipinski definition) is 1.